The summed E-state index contributed by atoms with van der Waals surface area (Å²) in [5, 5.41) is 11.1. The lowest BCUT2D eigenvalue weighted by atomic mass is 10.2. The van der Waals surface area contributed by atoms with E-state index < -0.39 is 0 Å². The van der Waals surface area contributed by atoms with Crippen LogP contribution in [0.4, 0.5) is 0 Å². The standard InChI is InChI=1S/C18H18N4OS2/c1-4-5-9-22-17(23)15-11(2)12(3)24-16(15)21-18(22)25-14-8-6-7-13(10-19)20-14/h6-8H,4-5,9H2,1-3H3. The van der Waals surface area contributed by atoms with Gasteiger partial charge in [0.2, 0.25) is 0 Å². The Hall–Kier alpha value is -2.17. The molecule has 5 nitrogen and oxygen atoms in total. The number of pyridine rings is 1. The maximum absolute atomic E-state index is 13.0. The van der Waals surface area contributed by atoms with Gasteiger partial charge in [-0.2, -0.15) is 5.26 Å². The Labute approximate surface area is 154 Å². The van der Waals surface area contributed by atoms with Crippen molar-refractivity contribution in [3.05, 3.63) is 44.7 Å². The van der Waals surface area contributed by atoms with Crippen LogP contribution in [0.5, 0.6) is 0 Å². The summed E-state index contributed by atoms with van der Waals surface area (Å²) >= 11 is 2.88. The van der Waals surface area contributed by atoms with Crippen LogP contribution in [0.3, 0.4) is 0 Å². The second kappa shape index (κ2) is 7.38. The molecular formula is C18H18N4OS2. The van der Waals surface area contributed by atoms with Crippen LogP contribution in [0.2, 0.25) is 0 Å². The van der Waals surface area contributed by atoms with Gasteiger partial charge in [-0.05, 0) is 49.7 Å². The molecule has 0 N–H and O–H groups in total. The number of rotatable bonds is 5. The summed E-state index contributed by atoms with van der Waals surface area (Å²) in [6.45, 7) is 6.73. The summed E-state index contributed by atoms with van der Waals surface area (Å²) in [7, 11) is 0. The molecule has 128 valence electrons. The fourth-order valence-electron chi connectivity index (χ4n) is 2.53. The summed E-state index contributed by atoms with van der Waals surface area (Å²) in [6.07, 6.45) is 1.91. The Balaban J connectivity index is 2.15. The van der Waals surface area contributed by atoms with Gasteiger partial charge in [0, 0.05) is 11.4 Å². The first-order valence-corrected chi connectivity index (χ1v) is 9.74. The lowest BCUT2D eigenvalue weighted by Gasteiger charge is -2.11. The van der Waals surface area contributed by atoms with E-state index in [0.717, 1.165) is 33.5 Å². The number of aryl methyl sites for hydroxylation is 2. The Morgan fingerprint density at radius 2 is 2.12 bits per heavy atom. The molecule has 0 radical (unpaired) electrons. The molecule has 0 saturated carbocycles. The molecule has 0 aliphatic heterocycles. The fraction of sp³-hybridized carbons (Fsp3) is 0.333. The van der Waals surface area contributed by atoms with Crippen molar-refractivity contribution in [2.24, 2.45) is 0 Å². The third-order valence-corrected chi connectivity index (χ3v) is 6.05. The van der Waals surface area contributed by atoms with Gasteiger partial charge >= 0.3 is 0 Å². The van der Waals surface area contributed by atoms with E-state index in [0.29, 0.717) is 22.4 Å². The lowest BCUT2D eigenvalue weighted by molar-refractivity contribution is 0.558. The van der Waals surface area contributed by atoms with Crippen molar-refractivity contribution < 1.29 is 0 Å². The number of aromatic nitrogens is 3. The molecule has 0 spiro atoms. The molecule has 0 atom stereocenters. The Morgan fingerprint density at radius 3 is 2.84 bits per heavy atom. The topological polar surface area (TPSA) is 71.6 Å². The predicted molar refractivity (Wildman–Crippen MR) is 101 cm³/mol. The van der Waals surface area contributed by atoms with Gasteiger partial charge in [0.05, 0.1) is 5.39 Å². The molecule has 3 heterocycles. The van der Waals surface area contributed by atoms with Gasteiger partial charge in [-0.3, -0.25) is 9.36 Å². The molecule has 0 fully saturated rings. The van der Waals surface area contributed by atoms with Crippen LogP contribution >= 0.6 is 23.1 Å². The van der Waals surface area contributed by atoms with E-state index >= 15 is 0 Å². The molecule has 0 unspecified atom stereocenters. The van der Waals surface area contributed by atoms with Crippen molar-refractivity contribution in [2.45, 2.75) is 50.3 Å². The molecule has 3 aromatic heterocycles. The van der Waals surface area contributed by atoms with E-state index in [2.05, 4.69) is 11.9 Å². The molecule has 0 saturated heterocycles. The number of nitrogens with zero attached hydrogens (tertiary/aromatic N) is 4. The monoisotopic (exact) mass is 370 g/mol. The largest absolute Gasteiger partial charge is 0.287 e. The number of unbranched alkanes of at least 4 members (excludes halogenated alkanes) is 1. The minimum atomic E-state index is 0.0132. The second-order valence-corrected chi connectivity index (χ2v) is 7.93. The smallest absolute Gasteiger partial charge is 0.263 e. The number of hydrogen-bond acceptors (Lipinski definition) is 6. The minimum Gasteiger partial charge on any atom is -0.287 e. The second-order valence-electron chi connectivity index (χ2n) is 5.74. The highest BCUT2D eigenvalue weighted by Gasteiger charge is 2.17. The summed E-state index contributed by atoms with van der Waals surface area (Å²) in [6, 6.07) is 7.33. The third-order valence-electron chi connectivity index (χ3n) is 4.02. The quantitative estimate of drug-likeness (QED) is 0.626. The predicted octanol–water partition coefficient (Wildman–Crippen LogP) is 4.29. The van der Waals surface area contributed by atoms with Gasteiger partial charge in [-0.25, -0.2) is 9.97 Å². The van der Waals surface area contributed by atoms with E-state index in [9.17, 15) is 4.79 Å². The molecule has 25 heavy (non-hydrogen) atoms. The van der Waals surface area contributed by atoms with E-state index in [-0.39, 0.29) is 5.56 Å². The molecule has 0 aliphatic carbocycles. The summed E-state index contributed by atoms with van der Waals surface area (Å²) < 4.78 is 1.75. The van der Waals surface area contributed by atoms with Gasteiger partial charge < -0.3 is 0 Å². The van der Waals surface area contributed by atoms with Crippen molar-refractivity contribution >= 4 is 33.3 Å². The van der Waals surface area contributed by atoms with E-state index in [1.807, 2.05) is 26.0 Å². The van der Waals surface area contributed by atoms with Gasteiger partial charge in [-0.1, -0.05) is 19.4 Å². The Kier molecular flexibility index (Phi) is 5.21. The van der Waals surface area contributed by atoms with Gasteiger partial charge in [0.1, 0.15) is 21.6 Å². The normalized spacial score (nSPS) is 11.0. The number of hydrogen-bond donors (Lipinski definition) is 0. The van der Waals surface area contributed by atoms with Gasteiger partial charge in [0.15, 0.2) is 5.16 Å². The zero-order valence-electron chi connectivity index (χ0n) is 14.4. The SMILES string of the molecule is CCCCn1c(Sc2cccc(C#N)n2)nc2sc(C)c(C)c2c1=O. The van der Waals surface area contributed by atoms with Crippen LogP contribution in [0, 0.1) is 25.2 Å². The minimum absolute atomic E-state index is 0.0132. The average Bonchev–Trinajstić information content (AvgIpc) is 2.89. The molecule has 3 rings (SSSR count). The van der Waals surface area contributed by atoms with Crippen molar-refractivity contribution in [1.29, 1.82) is 5.26 Å². The first-order chi connectivity index (χ1) is 12.0. The zero-order valence-corrected chi connectivity index (χ0v) is 16.0. The van der Waals surface area contributed by atoms with Crippen LogP contribution in [0.15, 0.2) is 33.2 Å². The summed E-state index contributed by atoms with van der Waals surface area (Å²) in [5.74, 6) is 0. The highest BCUT2D eigenvalue weighted by Crippen LogP contribution is 2.30. The van der Waals surface area contributed by atoms with Crippen molar-refractivity contribution in [3.8, 4) is 6.07 Å². The van der Waals surface area contributed by atoms with E-state index in [4.69, 9.17) is 10.2 Å². The Bertz CT molecular complexity index is 1030. The molecule has 0 aliphatic rings. The fourth-order valence-corrected chi connectivity index (χ4v) is 4.50. The highest BCUT2D eigenvalue weighted by atomic mass is 32.2. The first kappa shape index (κ1) is 17.6. The molecule has 7 heteroatoms. The van der Waals surface area contributed by atoms with Crippen LogP contribution in [-0.2, 0) is 6.54 Å². The first-order valence-electron chi connectivity index (χ1n) is 8.10. The molecular weight excluding hydrogens is 352 g/mol. The molecule has 0 aromatic carbocycles. The third kappa shape index (κ3) is 3.46. The average molecular weight is 371 g/mol. The van der Waals surface area contributed by atoms with Crippen LogP contribution in [0.25, 0.3) is 10.2 Å². The lowest BCUT2D eigenvalue weighted by Crippen LogP contribution is -2.23. The molecule has 0 bridgehead atoms. The Morgan fingerprint density at radius 1 is 1.32 bits per heavy atom. The van der Waals surface area contributed by atoms with Crippen LogP contribution in [-0.4, -0.2) is 14.5 Å². The maximum atomic E-state index is 13.0. The van der Waals surface area contributed by atoms with Crippen LogP contribution in [0.1, 0.15) is 35.9 Å². The summed E-state index contributed by atoms with van der Waals surface area (Å²) in [5.41, 5.74) is 1.39. The highest BCUT2D eigenvalue weighted by molar-refractivity contribution is 7.99. The summed E-state index contributed by atoms with van der Waals surface area (Å²) in [4.78, 5) is 24.0. The molecule has 3 aromatic rings. The van der Waals surface area contributed by atoms with E-state index in [1.54, 1.807) is 28.0 Å². The van der Waals surface area contributed by atoms with Crippen LogP contribution < -0.4 is 5.56 Å². The van der Waals surface area contributed by atoms with Gasteiger partial charge in [-0.15, -0.1) is 11.3 Å². The van der Waals surface area contributed by atoms with Crippen molar-refractivity contribution in [2.75, 3.05) is 0 Å². The number of thiophene rings is 1. The molecule has 0 amide bonds. The maximum Gasteiger partial charge on any atom is 0.263 e. The van der Waals surface area contributed by atoms with Gasteiger partial charge in [0.25, 0.3) is 5.56 Å². The van der Waals surface area contributed by atoms with Crippen molar-refractivity contribution in [1.82, 2.24) is 14.5 Å². The number of nitriles is 1. The number of fused-ring (bicyclic) bond motifs is 1. The zero-order chi connectivity index (χ0) is 18.0. The van der Waals surface area contributed by atoms with Crippen molar-refractivity contribution in [3.63, 3.8) is 0 Å². The van der Waals surface area contributed by atoms with E-state index in [1.165, 1.54) is 11.8 Å².